The highest BCUT2D eigenvalue weighted by atomic mass is 32.1. The molecule has 0 radical (unpaired) electrons. The van der Waals surface area contributed by atoms with Gasteiger partial charge in [0.05, 0.1) is 16.1 Å². The van der Waals surface area contributed by atoms with E-state index in [4.69, 9.17) is 0 Å². The Balaban J connectivity index is 2.36. The number of thiazole rings is 1. The van der Waals surface area contributed by atoms with Crippen LogP contribution in [0.4, 0.5) is 4.39 Å². The van der Waals surface area contributed by atoms with Crippen LogP contribution in [0.2, 0.25) is 0 Å². The van der Waals surface area contributed by atoms with E-state index < -0.39 is 11.9 Å². The van der Waals surface area contributed by atoms with Crippen molar-refractivity contribution >= 4 is 11.3 Å². The standard InChI is InChI=1S/C10H9FN2OS/c1-6-13-5-9(15-6)10(14)7-2-3-12-4-8(7)11/h2-5,10,14H,1H3. The van der Waals surface area contributed by atoms with Crippen LogP contribution in [0.3, 0.4) is 0 Å². The highest BCUT2D eigenvalue weighted by Gasteiger charge is 2.16. The summed E-state index contributed by atoms with van der Waals surface area (Å²) >= 11 is 1.35. The normalized spacial score (nSPS) is 12.7. The molecule has 0 aliphatic heterocycles. The number of hydrogen-bond acceptors (Lipinski definition) is 4. The molecule has 0 amide bonds. The number of nitrogens with zero attached hydrogens (tertiary/aromatic N) is 2. The van der Waals surface area contributed by atoms with Gasteiger partial charge < -0.3 is 5.11 Å². The molecule has 2 heterocycles. The fraction of sp³-hybridized carbons (Fsp3) is 0.200. The van der Waals surface area contributed by atoms with Crippen molar-refractivity contribution in [2.24, 2.45) is 0 Å². The molecule has 0 saturated heterocycles. The van der Waals surface area contributed by atoms with Crippen molar-refractivity contribution in [2.45, 2.75) is 13.0 Å². The molecule has 0 fully saturated rings. The zero-order valence-corrected chi connectivity index (χ0v) is 8.83. The lowest BCUT2D eigenvalue weighted by Gasteiger charge is -2.08. The molecule has 1 unspecified atom stereocenters. The number of aliphatic hydroxyl groups is 1. The highest BCUT2D eigenvalue weighted by molar-refractivity contribution is 7.11. The van der Waals surface area contributed by atoms with Crippen LogP contribution in [0.5, 0.6) is 0 Å². The van der Waals surface area contributed by atoms with Crippen LogP contribution in [0, 0.1) is 12.7 Å². The van der Waals surface area contributed by atoms with Crippen molar-refractivity contribution in [1.29, 1.82) is 0 Å². The van der Waals surface area contributed by atoms with E-state index >= 15 is 0 Å². The molecule has 2 rings (SSSR count). The first-order chi connectivity index (χ1) is 7.18. The van der Waals surface area contributed by atoms with Gasteiger partial charge in [0.2, 0.25) is 0 Å². The van der Waals surface area contributed by atoms with E-state index in [0.29, 0.717) is 4.88 Å². The van der Waals surface area contributed by atoms with Gasteiger partial charge in [-0.15, -0.1) is 11.3 Å². The maximum atomic E-state index is 13.3. The third-order valence-corrected chi connectivity index (χ3v) is 2.97. The lowest BCUT2D eigenvalue weighted by atomic mass is 10.1. The van der Waals surface area contributed by atoms with Crippen LogP contribution in [-0.2, 0) is 0 Å². The minimum Gasteiger partial charge on any atom is -0.383 e. The molecule has 0 aliphatic carbocycles. The van der Waals surface area contributed by atoms with Crippen LogP contribution in [0.15, 0.2) is 24.7 Å². The van der Waals surface area contributed by atoms with E-state index in [-0.39, 0.29) is 5.56 Å². The first kappa shape index (κ1) is 10.2. The second kappa shape index (κ2) is 4.04. The van der Waals surface area contributed by atoms with E-state index in [1.807, 2.05) is 6.92 Å². The van der Waals surface area contributed by atoms with Crippen LogP contribution in [-0.4, -0.2) is 15.1 Å². The largest absolute Gasteiger partial charge is 0.383 e. The van der Waals surface area contributed by atoms with Gasteiger partial charge in [0.1, 0.15) is 11.9 Å². The number of aromatic nitrogens is 2. The quantitative estimate of drug-likeness (QED) is 0.849. The summed E-state index contributed by atoms with van der Waals surface area (Å²) in [5.74, 6) is -0.504. The van der Waals surface area contributed by atoms with E-state index in [9.17, 15) is 9.50 Å². The van der Waals surface area contributed by atoms with E-state index in [2.05, 4.69) is 9.97 Å². The Morgan fingerprint density at radius 3 is 2.87 bits per heavy atom. The van der Waals surface area contributed by atoms with Gasteiger partial charge in [-0.05, 0) is 13.0 Å². The number of aryl methyl sites for hydroxylation is 1. The predicted molar refractivity (Wildman–Crippen MR) is 55.1 cm³/mol. The Kier molecular flexibility index (Phi) is 2.75. The minimum absolute atomic E-state index is 0.230. The van der Waals surface area contributed by atoms with Gasteiger partial charge in [0.15, 0.2) is 0 Å². The van der Waals surface area contributed by atoms with Crippen molar-refractivity contribution in [2.75, 3.05) is 0 Å². The summed E-state index contributed by atoms with van der Waals surface area (Å²) in [6, 6.07) is 1.47. The van der Waals surface area contributed by atoms with Crippen molar-refractivity contribution < 1.29 is 9.50 Å². The van der Waals surface area contributed by atoms with E-state index in [1.165, 1.54) is 23.6 Å². The first-order valence-corrected chi connectivity index (χ1v) is 5.20. The van der Waals surface area contributed by atoms with Crippen molar-refractivity contribution in [3.8, 4) is 0 Å². The third-order valence-electron chi connectivity index (χ3n) is 2.01. The molecule has 0 aliphatic rings. The number of hydrogen-bond donors (Lipinski definition) is 1. The van der Waals surface area contributed by atoms with E-state index in [0.717, 1.165) is 11.2 Å². The van der Waals surface area contributed by atoms with Gasteiger partial charge in [-0.3, -0.25) is 4.98 Å². The number of pyridine rings is 1. The SMILES string of the molecule is Cc1ncc(C(O)c2ccncc2F)s1. The summed E-state index contributed by atoms with van der Waals surface area (Å²) in [7, 11) is 0. The number of aliphatic hydroxyl groups excluding tert-OH is 1. The summed E-state index contributed by atoms with van der Waals surface area (Å²) < 4.78 is 13.3. The van der Waals surface area contributed by atoms with Crippen LogP contribution >= 0.6 is 11.3 Å². The average Bonchev–Trinajstić information content (AvgIpc) is 2.65. The summed E-state index contributed by atoms with van der Waals surface area (Å²) in [6.07, 6.45) is 3.14. The fourth-order valence-corrected chi connectivity index (χ4v) is 2.06. The molecule has 0 bridgehead atoms. The summed E-state index contributed by atoms with van der Waals surface area (Å²) in [5.41, 5.74) is 0.230. The molecule has 2 aromatic heterocycles. The first-order valence-electron chi connectivity index (χ1n) is 4.38. The smallest absolute Gasteiger partial charge is 0.147 e. The van der Waals surface area contributed by atoms with Gasteiger partial charge in [-0.25, -0.2) is 9.37 Å². The maximum Gasteiger partial charge on any atom is 0.147 e. The van der Waals surface area contributed by atoms with Crippen LogP contribution in [0.1, 0.15) is 21.6 Å². The molecule has 0 saturated carbocycles. The summed E-state index contributed by atoms with van der Waals surface area (Å²) in [6.45, 7) is 1.84. The monoisotopic (exact) mass is 224 g/mol. The third kappa shape index (κ3) is 2.03. The Morgan fingerprint density at radius 2 is 2.27 bits per heavy atom. The molecule has 0 aromatic carbocycles. The zero-order valence-electron chi connectivity index (χ0n) is 8.01. The lowest BCUT2D eigenvalue weighted by molar-refractivity contribution is 0.218. The molecule has 2 aromatic rings. The van der Waals surface area contributed by atoms with Gasteiger partial charge >= 0.3 is 0 Å². The van der Waals surface area contributed by atoms with Crippen molar-refractivity contribution in [3.63, 3.8) is 0 Å². The van der Waals surface area contributed by atoms with Crippen molar-refractivity contribution in [3.05, 3.63) is 45.9 Å². The molecule has 5 heteroatoms. The van der Waals surface area contributed by atoms with E-state index in [1.54, 1.807) is 6.20 Å². The van der Waals surface area contributed by atoms with Crippen LogP contribution < -0.4 is 0 Å². The maximum absolute atomic E-state index is 13.3. The Morgan fingerprint density at radius 1 is 1.47 bits per heavy atom. The van der Waals surface area contributed by atoms with Crippen LogP contribution in [0.25, 0.3) is 0 Å². The minimum atomic E-state index is -0.959. The average molecular weight is 224 g/mol. The molecular weight excluding hydrogens is 215 g/mol. The molecule has 1 N–H and O–H groups in total. The Hall–Kier alpha value is -1.33. The fourth-order valence-electron chi connectivity index (χ4n) is 1.27. The molecule has 78 valence electrons. The van der Waals surface area contributed by atoms with Gasteiger partial charge in [-0.1, -0.05) is 0 Å². The van der Waals surface area contributed by atoms with Gasteiger partial charge in [0.25, 0.3) is 0 Å². The predicted octanol–water partition coefficient (Wildman–Crippen LogP) is 2.07. The van der Waals surface area contributed by atoms with Gasteiger partial charge in [0, 0.05) is 18.0 Å². The number of rotatable bonds is 2. The van der Waals surface area contributed by atoms with Crippen molar-refractivity contribution in [1.82, 2.24) is 9.97 Å². The zero-order chi connectivity index (χ0) is 10.8. The Labute approximate surface area is 90.3 Å². The second-order valence-corrected chi connectivity index (χ2v) is 4.35. The number of halogens is 1. The molecular formula is C10H9FN2OS. The lowest BCUT2D eigenvalue weighted by Crippen LogP contribution is -2.00. The summed E-state index contributed by atoms with van der Waals surface area (Å²) in [5, 5.41) is 10.7. The molecule has 1 atom stereocenters. The highest BCUT2D eigenvalue weighted by Crippen LogP contribution is 2.27. The topological polar surface area (TPSA) is 46.0 Å². The summed E-state index contributed by atoms with van der Waals surface area (Å²) in [4.78, 5) is 8.28. The second-order valence-electron chi connectivity index (χ2n) is 3.08. The molecule has 15 heavy (non-hydrogen) atoms. The Bertz CT molecular complexity index is 472. The molecule has 3 nitrogen and oxygen atoms in total. The van der Waals surface area contributed by atoms with Gasteiger partial charge in [-0.2, -0.15) is 0 Å². The molecule has 0 spiro atoms.